The molecule has 0 spiro atoms. The number of para-hydroxylation sites is 1. The Morgan fingerprint density at radius 1 is 1.33 bits per heavy atom. The van der Waals surface area contributed by atoms with Crippen molar-refractivity contribution in [2.75, 3.05) is 18.1 Å². The van der Waals surface area contributed by atoms with E-state index in [-0.39, 0.29) is 0 Å². The van der Waals surface area contributed by atoms with Crippen LogP contribution < -0.4 is 15.4 Å². The minimum absolute atomic E-state index is 0.393. The number of nitrogens with zero attached hydrogens (tertiary/aromatic N) is 2. The molecule has 5 nitrogen and oxygen atoms in total. The summed E-state index contributed by atoms with van der Waals surface area (Å²) in [5.74, 6) is 0.936. The first-order chi connectivity index (χ1) is 8.86. The van der Waals surface area contributed by atoms with Gasteiger partial charge in [-0.15, -0.1) is 0 Å². The van der Waals surface area contributed by atoms with Crippen LogP contribution in [0.1, 0.15) is 11.3 Å². The number of rotatable bonds is 2. The van der Waals surface area contributed by atoms with Gasteiger partial charge in [0.25, 0.3) is 6.01 Å². The molecule has 0 unspecified atom stereocenters. The Labute approximate surface area is 105 Å². The van der Waals surface area contributed by atoms with Crippen molar-refractivity contribution in [2.24, 2.45) is 5.73 Å². The van der Waals surface area contributed by atoms with Crippen molar-refractivity contribution in [3.63, 3.8) is 0 Å². The van der Waals surface area contributed by atoms with Crippen molar-refractivity contribution in [3.8, 4) is 5.75 Å². The van der Waals surface area contributed by atoms with E-state index in [1.807, 2.05) is 18.2 Å². The predicted octanol–water partition coefficient (Wildman–Crippen LogP) is 1.53. The Bertz CT molecular complexity index is 539. The van der Waals surface area contributed by atoms with Gasteiger partial charge in [0.05, 0.1) is 18.8 Å². The molecule has 0 aliphatic carbocycles. The van der Waals surface area contributed by atoms with Crippen LogP contribution in [0.5, 0.6) is 5.75 Å². The van der Waals surface area contributed by atoms with Gasteiger partial charge >= 0.3 is 0 Å². The first-order valence-electron chi connectivity index (χ1n) is 5.97. The summed E-state index contributed by atoms with van der Waals surface area (Å²) < 4.78 is 11.1. The smallest absolute Gasteiger partial charge is 0.297 e. The first-order valence-corrected chi connectivity index (χ1v) is 5.97. The first kappa shape index (κ1) is 11.1. The lowest BCUT2D eigenvalue weighted by atomic mass is 10.2. The molecule has 1 aromatic carbocycles. The monoisotopic (exact) mass is 245 g/mol. The van der Waals surface area contributed by atoms with Gasteiger partial charge in [-0.25, -0.2) is 0 Å². The Morgan fingerprint density at radius 3 is 3.06 bits per heavy atom. The van der Waals surface area contributed by atoms with Crippen LogP contribution in [-0.2, 0) is 13.1 Å². The lowest BCUT2D eigenvalue weighted by molar-refractivity contribution is 0.329. The zero-order chi connectivity index (χ0) is 12.4. The zero-order valence-corrected chi connectivity index (χ0v) is 10.0. The van der Waals surface area contributed by atoms with Gasteiger partial charge in [0, 0.05) is 12.1 Å². The van der Waals surface area contributed by atoms with Gasteiger partial charge in [0.15, 0.2) is 0 Å². The minimum atomic E-state index is 0.393. The van der Waals surface area contributed by atoms with E-state index >= 15 is 0 Å². The molecule has 3 rings (SSSR count). The number of ether oxygens (including phenoxy) is 1. The van der Waals surface area contributed by atoms with Crippen molar-refractivity contribution in [1.82, 2.24) is 4.98 Å². The predicted molar refractivity (Wildman–Crippen MR) is 67.4 cm³/mol. The lowest BCUT2D eigenvalue weighted by Gasteiger charge is -2.16. The molecule has 2 aromatic rings. The topological polar surface area (TPSA) is 64.5 Å². The number of aromatic nitrogens is 1. The fourth-order valence-corrected chi connectivity index (χ4v) is 2.02. The fraction of sp³-hybridized carbons (Fsp3) is 0.308. The van der Waals surface area contributed by atoms with Gasteiger partial charge in [-0.1, -0.05) is 18.2 Å². The highest BCUT2D eigenvalue weighted by molar-refractivity contribution is 5.39. The molecule has 0 fully saturated rings. The number of nitrogens with two attached hydrogens (primary N) is 1. The van der Waals surface area contributed by atoms with Gasteiger partial charge in [0.1, 0.15) is 18.6 Å². The van der Waals surface area contributed by atoms with E-state index in [1.165, 1.54) is 0 Å². The van der Waals surface area contributed by atoms with E-state index < -0.39 is 0 Å². The minimum Gasteiger partial charge on any atom is -0.491 e. The molecule has 0 bridgehead atoms. The van der Waals surface area contributed by atoms with Gasteiger partial charge in [-0.2, -0.15) is 4.98 Å². The number of hydrogen-bond acceptors (Lipinski definition) is 5. The maximum Gasteiger partial charge on any atom is 0.297 e. The third-order valence-corrected chi connectivity index (χ3v) is 2.97. The van der Waals surface area contributed by atoms with Gasteiger partial charge in [-0.3, -0.25) is 0 Å². The molecule has 0 saturated heterocycles. The SMILES string of the molecule is NCc1coc(N2CCOc3ccccc3C2)n1. The average Bonchev–Trinajstić information content (AvgIpc) is 2.78. The Kier molecular flexibility index (Phi) is 2.90. The lowest BCUT2D eigenvalue weighted by Crippen LogP contribution is -2.25. The van der Waals surface area contributed by atoms with E-state index in [1.54, 1.807) is 6.26 Å². The highest BCUT2D eigenvalue weighted by Gasteiger charge is 2.18. The number of fused-ring (bicyclic) bond motifs is 1. The Balaban J connectivity index is 1.86. The molecule has 0 amide bonds. The van der Waals surface area contributed by atoms with Crippen LogP contribution in [0.15, 0.2) is 34.9 Å². The van der Waals surface area contributed by atoms with Crippen LogP contribution in [0, 0.1) is 0 Å². The fourth-order valence-electron chi connectivity index (χ4n) is 2.02. The average molecular weight is 245 g/mol. The van der Waals surface area contributed by atoms with Crippen LogP contribution in [0.25, 0.3) is 0 Å². The van der Waals surface area contributed by atoms with E-state index in [0.717, 1.165) is 30.1 Å². The van der Waals surface area contributed by atoms with Gasteiger partial charge in [0.2, 0.25) is 0 Å². The van der Waals surface area contributed by atoms with Crippen molar-refractivity contribution in [2.45, 2.75) is 13.1 Å². The molecule has 0 radical (unpaired) electrons. The third kappa shape index (κ3) is 2.04. The molecule has 1 aliphatic rings. The quantitative estimate of drug-likeness (QED) is 0.869. The van der Waals surface area contributed by atoms with Crippen molar-refractivity contribution >= 4 is 6.01 Å². The third-order valence-electron chi connectivity index (χ3n) is 2.97. The maximum absolute atomic E-state index is 5.70. The van der Waals surface area contributed by atoms with Crippen LogP contribution in [0.3, 0.4) is 0 Å². The largest absolute Gasteiger partial charge is 0.491 e. The number of hydrogen-bond donors (Lipinski definition) is 1. The van der Waals surface area contributed by atoms with Gasteiger partial charge in [-0.05, 0) is 6.07 Å². The standard InChI is InChI=1S/C13H15N3O2/c14-7-11-9-18-13(15-11)16-5-6-17-12-4-2-1-3-10(12)8-16/h1-4,9H,5-8,14H2. The van der Waals surface area contributed by atoms with Crippen LogP contribution >= 0.6 is 0 Å². The number of oxazole rings is 1. The second kappa shape index (κ2) is 4.70. The molecule has 1 aliphatic heterocycles. The van der Waals surface area contributed by atoms with E-state index in [2.05, 4.69) is 16.0 Å². The zero-order valence-electron chi connectivity index (χ0n) is 10.0. The number of benzene rings is 1. The Morgan fingerprint density at radius 2 is 2.22 bits per heavy atom. The van der Waals surface area contributed by atoms with E-state index in [0.29, 0.717) is 19.2 Å². The molecule has 1 aromatic heterocycles. The van der Waals surface area contributed by atoms with Crippen LogP contribution in [0.2, 0.25) is 0 Å². The summed E-state index contributed by atoms with van der Waals surface area (Å²) in [4.78, 5) is 6.41. The number of anilines is 1. The van der Waals surface area contributed by atoms with Gasteiger partial charge < -0.3 is 19.8 Å². The Hall–Kier alpha value is -2.01. The molecule has 94 valence electrons. The summed E-state index contributed by atoms with van der Waals surface area (Å²) in [5, 5.41) is 0. The van der Waals surface area contributed by atoms with Crippen LogP contribution in [-0.4, -0.2) is 18.1 Å². The highest BCUT2D eigenvalue weighted by atomic mass is 16.5. The molecular weight excluding hydrogens is 230 g/mol. The summed E-state index contributed by atoms with van der Waals surface area (Å²) in [7, 11) is 0. The summed E-state index contributed by atoms with van der Waals surface area (Å²) in [6.07, 6.45) is 1.60. The summed E-state index contributed by atoms with van der Waals surface area (Å²) in [6.45, 7) is 2.50. The normalized spacial score (nSPS) is 14.8. The van der Waals surface area contributed by atoms with E-state index in [4.69, 9.17) is 14.9 Å². The van der Waals surface area contributed by atoms with Crippen molar-refractivity contribution in [3.05, 3.63) is 41.8 Å². The summed E-state index contributed by atoms with van der Waals surface area (Å²) in [6, 6.07) is 8.63. The molecule has 0 saturated carbocycles. The maximum atomic E-state index is 5.70. The van der Waals surface area contributed by atoms with E-state index in [9.17, 15) is 0 Å². The van der Waals surface area contributed by atoms with Crippen molar-refractivity contribution in [1.29, 1.82) is 0 Å². The molecule has 18 heavy (non-hydrogen) atoms. The molecule has 5 heteroatoms. The second-order valence-electron chi connectivity index (χ2n) is 4.20. The van der Waals surface area contributed by atoms with Crippen LogP contribution in [0.4, 0.5) is 6.01 Å². The molecule has 2 N–H and O–H groups in total. The highest BCUT2D eigenvalue weighted by Crippen LogP contribution is 2.25. The summed E-state index contributed by atoms with van der Waals surface area (Å²) in [5.41, 5.74) is 7.44. The van der Waals surface area contributed by atoms with Crippen molar-refractivity contribution < 1.29 is 9.15 Å². The molecule has 2 heterocycles. The molecular formula is C13H15N3O2. The second-order valence-corrected chi connectivity index (χ2v) is 4.20. The molecule has 0 atom stereocenters. The summed E-state index contributed by atoms with van der Waals surface area (Å²) >= 11 is 0.